The molecule has 28 heavy (non-hydrogen) atoms. The van der Waals surface area contributed by atoms with Gasteiger partial charge in [-0.25, -0.2) is 0 Å². The Labute approximate surface area is 170 Å². The van der Waals surface area contributed by atoms with Gasteiger partial charge in [0.2, 0.25) is 0 Å². The van der Waals surface area contributed by atoms with E-state index in [4.69, 9.17) is 20.8 Å². The molecular formula is C23H24ClNO3. The summed E-state index contributed by atoms with van der Waals surface area (Å²) in [6, 6.07) is 16.7. The highest BCUT2D eigenvalue weighted by Gasteiger charge is 2.12. The first-order chi connectivity index (χ1) is 13.5. The normalized spacial score (nSPS) is 11.9. The number of nitrogens with one attached hydrogen (secondary N) is 1. The number of benzene rings is 2. The van der Waals surface area contributed by atoms with Crippen molar-refractivity contribution in [2.45, 2.75) is 39.7 Å². The molecule has 146 valence electrons. The van der Waals surface area contributed by atoms with Crippen molar-refractivity contribution in [3.63, 3.8) is 0 Å². The number of halogens is 1. The molecule has 0 aliphatic rings. The van der Waals surface area contributed by atoms with Crippen LogP contribution in [0.4, 0.5) is 5.69 Å². The Hall–Kier alpha value is -2.72. The highest BCUT2D eigenvalue weighted by atomic mass is 35.5. The summed E-state index contributed by atoms with van der Waals surface area (Å²) < 4.78 is 11.3. The zero-order valence-electron chi connectivity index (χ0n) is 16.3. The van der Waals surface area contributed by atoms with Crippen molar-refractivity contribution in [3.8, 4) is 5.75 Å². The molecule has 0 aliphatic carbocycles. The summed E-state index contributed by atoms with van der Waals surface area (Å²) in [5.74, 6) is 1.74. The van der Waals surface area contributed by atoms with Crippen LogP contribution in [0.3, 0.4) is 0 Å². The lowest BCUT2D eigenvalue weighted by Crippen LogP contribution is -2.11. The number of ether oxygens (including phenoxy) is 1. The van der Waals surface area contributed by atoms with E-state index in [1.807, 2.05) is 37.3 Å². The van der Waals surface area contributed by atoms with E-state index in [-0.39, 0.29) is 18.3 Å². The Kier molecular flexibility index (Phi) is 6.42. The maximum Gasteiger partial charge on any atom is 0.291 e. The fraction of sp³-hybridized carbons (Fsp3) is 0.261. The summed E-state index contributed by atoms with van der Waals surface area (Å²) in [6.45, 7) is 6.50. The first-order valence-electron chi connectivity index (χ1n) is 9.35. The van der Waals surface area contributed by atoms with Gasteiger partial charge in [0.15, 0.2) is 5.76 Å². The predicted octanol–water partition coefficient (Wildman–Crippen LogP) is 6.59. The fourth-order valence-corrected chi connectivity index (χ4v) is 2.88. The molecular weight excluding hydrogens is 374 g/mol. The van der Waals surface area contributed by atoms with Gasteiger partial charge in [0.25, 0.3) is 5.91 Å². The molecule has 4 nitrogen and oxygen atoms in total. The summed E-state index contributed by atoms with van der Waals surface area (Å²) in [7, 11) is 0. The summed E-state index contributed by atoms with van der Waals surface area (Å²) in [6.07, 6.45) is 1.08. The molecule has 1 amide bonds. The van der Waals surface area contributed by atoms with Crippen LogP contribution in [0.25, 0.3) is 0 Å². The molecule has 3 rings (SSSR count). The van der Waals surface area contributed by atoms with E-state index in [9.17, 15) is 4.79 Å². The van der Waals surface area contributed by atoms with Crippen molar-refractivity contribution in [2.75, 3.05) is 5.32 Å². The van der Waals surface area contributed by atoms with Gasteiger partial charge in [-0.15, -0.1) is 0 Å². The van der Waals surface area contributed by atoms with Gasteiger partial charge in [-0.2, -0.15) is 0 Å². The number of hydrogen-bond donors (Lipinski definition) is 1. The highest BCUT2D eigenvalue weighted by molar-refractivity contribution is 6.31. The quantitative estimate of drug-likeness (QED) is 0.489. The fourth-order valence-electron chi connectivity index (χ4n) is 2.76. The van der Waals surface area contributed by atoms with Crippen LogP contribution in [0, 0.1) is 6.92 Å². The first kappa shape index (κ1) is 20.0. The van der Waals surface area contributed by atoms with Crippen LogP contribution < -0.4 is 10.1 Å². The molecule has 5 heteroatoms. The number of hydrogen-bond acceptors (Lipinski definition) is 3. The van der Waals surface area contributed by atoms with E-state index < -0.39 is 0 Å². The van der Waals surface area contributed by atoms with E-state index in [0.29, 0.717) is 22.5 Å². The van der Waals surface area contributed by atoms with Gasteiger partial charge in [-0.1, -0.05) is 37.6 Å². The SMILES string of the molecule is CCC(C)c1ccc(NC(=O)c2ccc(COc3ccc(Cl)c(C)c3)o2)cc1. The van der Waals surface area contributed by atoms with Gasteiger partial charge >= 0.3 is 0 Å². The molecule has 0 fully saturated rings. The standard InChI is InChI=1S/C23H24ClNO3/c1-4-15(2)17-5-7-18(8-6-17)25-23(26)22-12-10-20(28-22)14-27-19-9-11-21(24)16(3)13-19/h5-13,15H,4,14H2,1-3H3,(H,25,26). The minimum absolute atomic E-state index is 0.234. The molecule has 0 radical (unpaired) electrons. The van der Waals surface area contributed by atoms with Crippen LogP contribution in [-0.2, 0) is 6.61 Å². The van der Waals surface area contributed by atoms with Crippen molar-refractivity contribution in [1.82, 2.24) is 0 Å². The van der Waals surface area contributed by atoms with Crippen molar-refractivity contribution in [1.29, 1.82) is 0 Å². The van der Waals surface area contributed by atoms with Crippen LogP contribution in [0.1, 0.15) is 53.6 Å². The smallest absolute Gasteiger partial charge is 0.291 e. The van der Waals surface area contributed by atoms with Gasteiger partial charge in [0, 0.05) is 10.7 Å². The number of aryl methyl sites for hydroxylation is 1. The lowest BCUT2D eigenvalue weighted by Gasteiger charge is -2.10. The molecule has 1 aromatic heterocycles. The van der Waals surface area contributed by atoms with Crippen LogP contribution in [0.5, 0.6) is 5.75 Å². The minimum atomic E-state index is -0.287. The summed E-state index contributed by atoms with van der Waals surface area (Å²) in [4.78, 5) is 12.4. The molecule has 1 unspecified atom stereocenters. The molecule has 0 aliphatic heterocycles. The molecule has 1 atom stereocenters. The number of furan rings is 1. The Morgan fingerprint density at radius 3 is 2.57 bits per heavy atom. The number of carbonyl (C=O) groups is 1. The van der Waals surface area contributed by atoms with Gasteiger partial charge in [0.1, 0.15) is 18.1 Å². The molecule has 3 aromatic rings. The molecule has 0 saturated heterocycles. The summed E-state index contributed by atoms with van der Waals surface area (Å²) in [5.41, 5.74) is 2.94. The summed E-state index contributed by atoms with van der Waals surface area (Å²) >= 11 is 6.02. The predicted molar refractivity (Wildman–Crippen MR) is 112 cm³/mol. The van der Waals surface area contributed by atoms with Crippen molar-refractivity contribution in [2.24, 2.45) is 0 Å². The molecule has 2 aromatic carbocycles. The topological polar surface area (TPSA) is 51.5 Å². The van der Waals surface area contributed by atoms with Crippen LogP contribution in [-0.4, -0.2) is 5.91 Å². The highest BCUT2D eigenvalue weighted by Crippen LogP contribution is 2.23. The lowest BCUT2D eigenvalue weighted by molar-refractivity contribution is 0.0992. The van der Waals surface area contributed by atoms with Crippen LogP contribution in [0.2, 0.25) is 5.02 Å². The maximum absolute atomic E-state index is 12.4. The second-order valence-corrected chi connectivity index (χ2v) is 7.26. The van der Waals surface area contributed by atoms with E-state index in [0.717, 1.165) is 17.7 Å². The van der Waals surface area contributed by atoms with Gasteiger partial charge in [-0.05, 0) is 72.9 Å². The number of anilines is 1. The third kappa shape index (κ3) is 4.96. The molecule has 0 saturated carbocycles. The molecule has 1 heterocycles. The number of rotatable bonds is 7. The molecule has 0 spiro atoms. The van der Waals surface area contributed by atoms with Crippen molar-refractivity contribution >= 4 is 23.2 Å². The largest absolute Gasteiger partial charge is 0.486 e. The zero-order chi connectivity index (χ0) is 20.1. The van der Waals surface area contributed by atoms with E-state index in [1.165, 1.54) is 5.56 Å². The summed E-state index contributed by atoms with van der Waals surface area (Å²) in [5, 5.41) is 3.55. The Bertz CT molecular complexity index is 947. The number of carbonyl (C=O) groups excluding carboxylic acids is 1. The first-order valence-corrected chi connectivity index (χ1v) is 9.73. The lowest BCUT2D eigenvalue weighted by atomic mass is 9.99. The van der Waals surface area contributed by atoms with Crippen LogP contribution in [0.15, 0.2) is 59.0 Å². The second kappa shape index (κ2) is 8.98. The number of amides is 1. The second-order valence-electron chi connectivity index (χ2n) is 6.85. The van der Waals surface area contributed by atoms with E-state index >= 15 is 0 Å². The zero-order valence-corrected chi connectivity index (χ0v) is 17.0. The third-order valence-electron chi connectivity index (χ3n) is 4.75. The monoisotopic (exact) mass is 397 g/mol. The third-order valence-corrected chi connectivity index (χ3v) is 5.17. The van der Waals surface area contributed by atoms with E-state index in [2.05, 4.69) is 19.2 Å². The van der Waals surface area contributed by atoms with Gasteiger partial charge in [0.05, 0.1) is 0 Å². The van der Waals surface area contributed by atoms with E-state index in [1.54, 1.807) is 24.3 Å². The van der Waals surface area contributed by atoms with Gasteiger partial charge in [-0.3, -0.25) is 4.79 Å². The minimum Gasteiger partial charge on any atom is -0.486 e. The van der Waals surface area contributed by atoms with Crippen molar-refractivity contribution in [3.05, 3.63) is 82.3 Å². The maximum atomic E-state index is 12.4. The van der Waals surface area contributed by atoms with Crippen molar-refractivity contribution < 1.29 is 13.9 Å². The Morgan fingerprint density at radius 2 is 1.89 bits per heavy atom. The van der Waals surface area contributed by atoms with Gasteiger partial charge < -0.3 is 14.5 Å². The Balaban J connectivity index is 1.58. The molecule has 1 N–H and O–H groups in total. The average molecular weight is 398 g/mol. The average Bonchev–Trinajstić information content (AvgIpc) is 3.18. The van der Waals surface area contributed by atoms with Crippen LogP contribution >= 0.6 is 11.6 Å². The molecule has 0 bridgehead atoms. The Morgan fingerprint density at radius 1 is 1.14 bits per heavy atom.